The summed E-state index contributed by atoms with van der Waals surface area (Å²) in [6.07, 6.45) is 0. The van der Waals surface area contributed by atoms with Gasteiger partial charge in [-0.2, -0.15) is 0 Å². The molecule has 2 aromatic carbocycles. The van der Waals surface area contributed by atoms with E-state index in [1.807, 2.05) is 30.3 Å². The Morgan fingerprint density at radius 2 is 1.64 bits per heavy atom. The van der Waals surface area contributed by atoms with Crippen molar-refractivity contribution in [3.63, 3.8) is 0 Å². The van der Waals surface area contributed by atoms with Gasteiger partial charge in [-0.1, -0.05) is 30.3 Å². The minimum atomic E-state index is -0.884. The zero-order valence-corrected chi connectivity index (χ0v) is 6.90. The maximum absolute atomic E-state index is 10.6. The number of rotatable bonds is 1. The molecule has 0 saturated heterocycles. The Morgan fingerprint density at radius 1 is 1.00 bits per heavy atom. The first-order chi connectivity index (χ1) is 6.27. The Morgan fingerprint density at radius 3 is 2.29 bits per heavy atom. The number of aromatic carboxylic acids is 1. The second-order valence-corrected chi connectivity index (χ2v) is 2.87. The average Bonchev–Trinajstić information content (AvgIpc) is 2.17. The number of hydrogen-bond donors (Lipinski definition) is 1. The molecule has 1 N–H and O–H groups in total. The fraction of sp³-hybridized carbons (Fsp3) is 0. The van der Waals surface area contributed by atoms with Crippen molar-refractivity contribution < 1.29 is 9.90 Å². The van der Waals surface area contributed by atoms with Gasteiger partial charge in [0.2, 0.25) is 0 Å². The first kappa shape index (κ1) is 11.8. The average molecular weight is 312 g/mol. The van der Waals surface area contributed by atoms with E-state index in [0.29, 0.717) is 5.56 Å². The van der Waals surface area contributed by atoms with E-state index in [1.165, 1.54) is 0 Å². The number of carboxylic acid groups (broad SMARTS) is 1. The molecule has 0 atom stereocenters. The molecule has 0 unspecified atom stereocenters. The van der Waals surface area contributed by atoms with Crippen molar-refractivity contribution in [3.05, 3.63) is 48.0 Å². The summed E-state index contributed by atoms with van der Waals surface area (Å²) >= 11 is 0. The Balaban J connectivity index is 0.000000980. The first-order valence-corrected chi connectivity index (χ1v) is 3.99. The number of hydrogen-bond acceptors (Lipinski definition) is 1. The first-order valence-electron chi connectivity index (χ1n) is 3.99. The summed E-state index contributed by atoms with van der Waals surface area (Å²) in [5.41, 5.74) is 0.332. The van der Waals surface area contributed by atoms with Crippen LogP contribution in [0.2, 0.25) is 0 Å². The predicted octanol–water partition coefficient (Wildman–Crippen LogP) is 1.62. The van der Waals surface area contributed by atoms with Gasteiger partial charge in [0.25, 0.3) is 0 Å². The van der Waals surface area contributed by atoms with Gasteiger partial charge in [0.1, 0.15) is 0 Å². The summed E-state index contributed by atoms with van der Waals surface area (Å²) in [6.45, 7) is 0. The third-order valence-corrected chi connectivity index (χ3v) is 2.00. The fourth-order valence-electron chi connectivity index (χ4n) is 1.32. The van der Waals surface area contributed by atoms with Crippen LogP contribution < -0.4 is 0 Å². The molecule has 0 aliphatic carbocycles. The number of fused-ring (bicyclic) bond motifs is 1. The molecule has 2 rings (SSSR count). The fourth-order valence-corrected chi connectivity index (χ4v) is 1.32. The Hall–Kier alpha value is -0.259. The quantitative estimate of drug-likeness (QED) is 0.813. The van der Waals surface area contributed by atoms with E-state index in [4.69, 9.17) is 5.11 Å². The molecule has 3 heteroatoms. The monoisotopic (exact) mass is 312 g/mol. The van der Waals surface area contributed by atoms with Crippen LogP contribution in [0.15, 0.2) is 42.5 Å². The van der Waals surface area contributed by atoms with Crippen LogP contribution in [-0.4, -0.2) is 60.0 Å². The molecule has 0 amide bonds. The molecular weight excluding hydrogens is 301 g/mol. The van der Waals surface area contributed by atoms with Gasteiger partial charge in [-0.3, -0.25) is 0 Å². The molecule has 0 aromatic heterocycles. The minimum absolute atomic E-state index is 0. The van der Waals surface area contributed by atoms with Crippen LogP contribution in [0, 0.1) is 0 Å². The van der Waals surface area contributed by atoms with E-state index >= 15 is 0 Å². The molecule has 0 spiro atoms. The van der Waals surface area contributed by atoms with Crippen LogP contribution in [0.25, 0.3) is 10.8 Å². The molecule has 2 nitrogen and oxygen atoms in total. The third-order valence-electron chi connectivity index (χ3n) is 2.00. The molecular formula is C11H10BaO2. The molecule has 0 saturated carbocycles. The zero-order chi connectivity index (χ0) is 9.26. The number of benzene rings is 2. The van der Waals surface area contributed by atoms with Gasteiger partial charge in [-0.05, 0) is 22.9 Å². The van der Waals surface area contributed by atoms with E-state index in [1.54, 1.807) is 12.1 Å². The van der Waals surface area contributed by atoms with Gasteiger partial charge in [0.05, 0.1) is 5.56 Å². The van der Waals surface area contributed by atoms with Gasteiger partial charge >= 0.3 is 54.9 Å². The van der Waals surface area contributed by atoms with E-state index in [-0.39, 0.29) is 48.9 Å². The molecule has 0 aliphatic heterocycles. The molecule has 0 fully saturated rings. The van der Waals surface area contributed by atoms with Crippen molar-refractivity contribution in [2.45, 2.75) is 0 Å². The standard InChI is InChI=1S/C11H8O2.Ba.2H/c12-11(13)10-6-5-8-3-1-2-4-9(8)7-10;;;/h1-7H,(H,12,13);;;. The van der Waals surface area contributed by atoms with Crippen LogP contribution >= 0.6 is 0 Å². The van der Waals surface area contributed by atoms with E-state index < -0.39 is 5.97 Å². The molecule has 0 aliphatic rings. The summed E-state index contributed by atoms with van der Waals surface area (Å²) in [4.78, 5) is 10.6. The molecule has 0 radical (unpaired) electrons. The van der Waals surface area contributed by atoms with E-state index in [2.05, 4.69) is 0 Å². The van der Waals surface area contributed by atoms with Crippen molar-refractivity contribution in [1.82, 2.24) is 0 Å². The molecule has 2 aromatic rings. The number of carbonyl (C=O) groups is 1. The Kier molecular flexibility index (Phi) is 4.22. The van der Waals surface area contributed by atoms with E-state index in [0.717, 1.165) is 10.8 Å². The second-order valence-electron chi connectivity index (χ2n) is 2.87. The Labute approximate surface area is 122 Å². The van der Waals surface area contributed by atoms with Crippen molar-refractivity contribution in [3.8, 4) is 0 Å². The van der Waals surface area contributed by atoms with Crippen LogP contribution in [0.1, 0.15) is 10.4 Å². The van der Waals surface area contributed by atoms with Gasteiger partial charge < -0.3 is 5.11 Å². The van der Waals surface area contributed by atoms with E-state index in [9.17, 15) is 4.79 Å². The van der Waals surface area contributed by atoms with Crippen molar-refractivity contribution in [2.24, 2.45) is 0 Å². The summed E-state index contributed by atoms with van der Waals surface area (Å²) in [5.74, 6) is -0.884. The van der Waals surface area contributed by atoms with Crippen molar-refractivity contribution >= 4 is 65.6 Å². The van der Waals surface area contributed by atoms with Crippen molar-refractivity contribution in [1.29, 1.82) is 0 Å². The topological polar surface area (TPSA) is 37.3 Å². The van der Waals surface area contributed by atoms with Crippen LogP contribution in [0.4, 0.5) is 0 Å². The van der Waals surface area contributed by atoms with Gasteiger partial charge in [0, 0.05) is 0 Å². The second kappa shape index (κ2) is 5.00. The van der Waals surface area contributed by atoms with Crippen molar-refractivity contribution in [2.75, 3.05) is 0 Å². The van der Waals surface area contributed by atoms with Crippen LogP contribution in [-0.2, 0) is 0 Å². The summed E-state index contributed by atoms with van der Waals surface area (Å²) in [7, 11) is 0. The maximum atomic E-state index is 10.6. The summed E-state index contributed by atoms with van der Waals surface area (Å²) in [6, 6.07) is 12.8. The third kappa shape index (κ3) is 2.40. The molecule has 0 bridgehead atoms. The zero-order valence-electron chi connectivity index (χ0n) is 6.90. The molecule has 14 heavy (non-hydrogen) atoms. The Bertz CT molecular complexity index is 466. The molecule has 68 valence electrons. The van der Waals surface area contributed by atoms with Gasteiger partial charge in [0.15, 0.2) is 0 Å². The van der Waals surface area contributed by atoms with Gasteiger partial charge in [-0.25, -0.2) is 4.79 Å². The predicted molar refractivity (Wildman–Crippen MR) is 59.5 cm³/mol. The summed E-state index contributed by atoms with van der Waals surface area (Å²) < 4.78 is 0. The van der Waals surface area contributed by atoms with Gasteiger partial charge in [-0.15, -0.1) is 0 Å². The SMILES string of the molecule is O=C(O)c1ccc2ccccc2c1.[BaH2]. The normalized spacial score (nSPS) is 9.43. The molecule has 0 heterocycles. The summed E-state index contributed by atoms with van der Waals surface area (Å²) in [5, 5.41) is 10.8. The van der Waals surface area contributed by atoms with Crippen LogP contribution in [0.5, 0.6) is 0 Å². The van der Waals surface area contributed by atoms with Crippen LogP contribution in [0.3, 0.4) is 0 Å². The number of carboxylic acids is 1.